The molecule has 2 saturated carbocycles. The van der Waals surface area contributed by atoms with E-state index in [1.807, 2.05) is 12.1 Å². The van der Waals surface area contributed by atoms with Gasteiger partial charge >= 0.3 is 24.1 Å². The summed E-state index contributed by atoms with van der Waals surface area (Å²) >= 11 is 0. The van der Waals surface area contributed by atoms with Crippen LogP contribution in [0.4, 0.5) is 13.2 Å². The Morgan fingerprint density at radius 2 is 1.14 bits per heavy atom. The highest BCUT2D eigenvalue weighted by Crippen LogP contribution is 2.39. The Balaban J connectivity index is 1.12. The zero-order valence-electron chi connectivity index (χ0n) is 27.5. The van der Waals surface area contributed by atoms with Gasteiger partial charge in [-0.05, 0) is 117 Å². The van der Waals surface area contributed by atoms with Gasteiger partial charge in [-0.1, -0.05) is 37.4 Å². The first-order chi connectivity index (χ1) is 24.0. The van der Waals surface area contributed by atoms with Crippen LogP contribution in [-0.2, 0) is 25.2 Å². The van der Waals surface area contributed by atoms with E-state index in [0.29, 0.717) is 11.7 Å². The highest BCUT2D eigenvalue weighted by molar-refractivity contribution is 5.91. The lowest BCUT2D eigenvalue weighted by molar-refractivity contribution is -0.145. The Labute approximate surface area is 288 Å². The summed E-state index contributed by atoms with van der Waals surface area (Å²) in [6, 6.07) is 17.1. The molecule has 0 N–H and O–H groups in total. The molecule has 2 aliphatic carbocycles. The van der Waals surface area contributed by atoms with Crippen LogP contribution in [0.3, 0.4) is 0 Å². The van der Waals surface area contributed by atoms with E-state index in [9.17, 15) is 27.6 Å². The second kappa shape index (κ2) is 16.6. The average Bonchev–Trinajstić information content (AvgIpc) is 3.12. The van der Waals surface area contributed by atoms with Crippen molar-refractivity contribution in [1.29, 1.82) is 0 Å². The van der Waals surface area contributed by atoms with Crippen molar-refractivity contribution in [3.8, 4) is 17.2 Å². The molecule has 0 unspecified atom stereocenters. The van der Waals surface area contributed by atoms with Crippen LogP contribution in [0.5, 0.6) is 17.2 Å². The molecular formula is C39H39F3O8. The lowest BCUT2D eigenvalue weighted by atomic mass is 9.82. The Morgan fingerprint density at radius 1 is 0.660 bits per heavy atom. The van der Waals surface area contributed by atoms with Crippen LogP contribution < -0.4 is 14.2 Å². The van der Waals surface area contributed by atoms with Crippen LogP contribution in [0, 0.1) is 0 Å². The van der Waals surface area contributed by atoms with E-state index in [0.717, 1.165) is 86.8 Å². The summed E-state index contributed by atoms with van der Waals surface area (Å²) in [5.41, 5.74) is 1.19. The van der Waals surface area contributed by atoms with Crippen LogP contribution in [-0.4, -0.2) is 36.9 Å². The summed E-state index contributed by atoms with van der Waals surface area (Å²) in [4.78, 5) is 35.7. The number of esters is 3. The summed E-state index contributed by atoms with van der Waals surface area (Å²) in [7, 11) is 0. The first-order valence-electron chi connectivity index (χ1n) is 16.6. The molecule has 2 fully saturated rings. The summed E-state index contributed by atoms with van der Waals surface area (Å²) in [6.07, 6.45) is 3.55. The van der Waals surface area contributed by atoms with Gasteiger partial charge < -0.3 is 23.7 Å². The Kier molecular flexibility index (Phi) is 12.0. The fourth-order valence-electron chi connectivity index (χ4n) is 6.43. The van der Waals surface area contributed by atoms with Gasteiger partial charge in [-0.25, -0.2) is 14.4 Å². The summed E-state index contributed by atoms with van der Waals surface area (Å²) < 4.78 is 68.8. The van der Waals surface area contributed by atoms with E-state index in [-0.39, 0.29) is 29.4 Å². The van der Waals surface area contributed by atoms with Crippen LogP contribution in [0.25, 0.3) is 0 Å². The third-order valence-corrected chi connectivity index (χ3v) is 9.12. The molecule has 0 bridgehead atoms. The second-order valence-corrected chi connectivity index (χ2v) is 12.4. The lowest BCUT2D eigenvalue weighted by Gasteiger charge is -2.28. The van der Waals surface area contributed by atoms with Gasteiger partial charge in [0.1, 0.15) is 35.0 Å². The monoisotopic (exact) mass is 692 g/mol. The zero-order chi connectivity index (χ0) is 35.7. The first-order valence-corrected chi connectivity index (χ1v) is 16.6. The van der Waals surface area contributed by atoms with Gasteiger partial charge in [0, 0.05) is 12.2 Å². The quantitative estimate of drug-likeness (QED) is 0.0804. The molecule has 0 aromatic heterocycles. The largest absolute Gasteiger partial charge is 0.459 e. The van der Waals surface area contributed by atoms with Crippen molar-refractivity contribution in [2.45, 2.75) is 81.6 Å². The number of hydrogen-bond donors (Lipinski definition) is 0. The minimum Gasteiger partial charge on any atom is -0.459 e. The van der Waals surface area contributed by atoms with Gasteiger partial charge in [-0.3, -0.25) is 0 Å². The third kappa shape index (κ3) is 9.77. The van der Waals surface area contributed by atoms with E-state index >= 15 is 0 Å². The molecule has 0 heterocycles. The number of benzene rings is 3. The van der Waals surface area contributed by atoms with Crippen LogP contribution in [0.15, 0.2) is 92.0 Å². The van der Waals surface area contributed by atoms with Gasteiger partial charge in [0.05, 0.1) is 5.56 Å². The molecule has 0 aliphatic heterocycles. The molecule has 3 aromatic carbocycles. The van der Waals surface area contributed by atoms with Crippen molar-refractivity contribution in [2.24, 2.45) is 0 Å². The number of carbonyl (C=O) groups is 3. The lowest BCUT2D eigenvalue weighted by Crippen LogP contribution is -2.23. The van der Waals surface area contributed by atoms with Crippen molar-refractivity contribution in [1.82, 2.24) is 0 Å². The van der Waals surface area contributed by atoms with Crippen LogP contribution >= 0.6 is 0 Å². The fourth-order valence-corrected chi connectivity index (χ4v) is 6.43. The summed E-state index contributed by atoms with van der Waals surface area (Å²) in [5.74, 6) is -1.44. The molecule has 0 spiro atoms. The molecule has 264 valence electrons. The van der Waals surface area contributed by atoms with Crippen molar-refractivity contribution < 1.29 is 51.2 Å². The Bertz CT molecular complexity index is 1650. The highest BCUT2D eigenvalue weighted by Gasteiger charge is 2.35. The van der Waals surface area contributed by atoms with E-state index in [4.69, 9.17) is 23.7 Å². The van der Waals surface area contributed by atoms with Crippen LogP contribution in [0.2, 0.25) is 0 Å². The topological polar surface area (TPSA) is 97.4 Å². The van der Waals surface area contributed by atoms with Gasteiger partial charge in [-0.15, -0.1) is 0 Å². The average molecular weight is 693 g/mol. The van der Waals surface area contributed by atoms with Crippen molar-refractivity contribution in [2.75, 3.05) is 6.79 Å². The smallest absolute Gasteiger partial charge is 0.420 e. The zero-order valence-corrected chi connectivity index (χ0v) is 27.5. The highest BCUT2D eigenvalue weighted by atomic mass is 19.4. The number of ether oxygens (including phenoxy) is 5. The molecule has 5 rings (SSSR count). The van der Waals surface area contributed by atoms with Crippen molar-refractivity contribution >= 4 is 17.9 Å². The maximum Gasteiger partial charge on any atom is 0.420 e. The second-order valence-electron chi connectivity index (χ2n) is 12.4. The standard InChI is InChI=1S/C39H39F3O8/c1-3-36(43)48-31-17-11-27(12-18-31)25-5-7-29(8-6-25)38(45)50-33-21-22-35(34(23-33)39(40,41)42)47-24-46-30-15-9-26(10-16-30)28-13-19-32(20-14-28)49-37(44)4-2/h3-10,15-16,21-23,27-28,31-32H,1-2,11-14,17-20,24H2. The number of halogens is 3. The maximum absolute atomic E-state index is 14.0. The van der Waals surface area contributed by atoms with Gasteiger partial charge in [0.2, 0.25) is 6.79 Å². The predicted octanol–water partition coefficient (Wildman–Crippen LogP) is 8.85. The van der Waals surface area contributed by atoms with E-state index < -0.39 is 42.2 Å². The fraction of sp³-hybridized carbons (Fsp3) is 0.359. The number of rotatable bonds is 12. The molecule has 2 aliphatic rings. The minimum atomic E-state index is -4.78. The summed E-state index contributed by atoms with van der Waals surface area (Å²) in [6.45, 7) is 6.36. The van der Waals surface area contributed by atoms with Crippen molar-refractivity contribution in [3.63, 3.8) is 0 Å². The molecule has 11 heteroatoms. The molecule has 50 heavy (non-hydrogen) atoms. The third-order valence-electron chi connectivity index (χ3n) is 9.12. The molecular weight excluding hydrogens is 653 g/mol. The number of alkyl halides is 3. The van der Waals surface area contributed by atoms with E-state index in [2.05, 4.69) is 13.2 Å². The predicted molar refractivity (Wildman–Crippen MR) is 178 cm³/mol. The minimum absolute atomic E-state index is 0.113. The van der Waals surface area contributed by atoms with Gasteiger partial charge in [0.25, 0.3) is 0 Å². The van der Waals surface area contributed by atoms with E-state index in [1.165, 1.54) is 6.07 Å². The molecule has 0 amide bonds. The Morgan fingerprint density at radius 3 is 1.62 bits per heavy atom. The number of hydrogen-bond acceptors (Lipinski definition) is 8. The van der Waals surface area contributed by atoms with Gasteiger partial charge in [0.15, 0.2) is 0 Å². The SMILES string of the molecule is C=CC(=O)OC1CCC(c2ccc(OCOc3ccc(OC(=O)c4ccc(C5CCC(OC(=O)C=C)CC5)cc4)cc3C(F)(F)F)cc2)CC1. The number of carbonyl (C=O) groups excluding carboxylic acids is 3. The molecule has 0 atom stereocenters. The van der Waals surface area contributed by atoms with Gasteiger partial charge in [-0.2, -0.15) is 13.2 Å². The molecule has 0 radical (unpaired) electrons. The van der Waals surface area contributed by atoms with Crippen molar-refractivity contribution in [3.05, 3.63) is 114 Å². The first kappa shape index (κ1) is 36.2. The normalized spacial score (nSPS) is 20.5. The Hall–Kier alpha value is -5.06. The molecule has 0 saturated heterocycles. The molecule has 8 nitrogen and oxygen atoms in total. The van der Waals surface area contributed by atoms with E-state index in [1.54, 1.807) is 36.4 Å². The molecule has 3 aromatic rings. The summed E-state index contributed by atoms with van der Waals surface area (Å²) in [5, 5.41) is 0. The maximum atomic E-state index is 14.0. The van der Waals surface area contributed by atoms with Crippen LogP contribution in [0.1, 0.15) is 90.3 Å².